The quantitative estimate of drug-likeness (QED) is 0.467. The molecule has 0 saturated carbocycles. The number of unbranched alkanes of at least 4 members (excludes halogenated alkanes) is 1. The molecule has 0 spiro atoms. The molecule has 1 atom stereocenters. The van der Waals surface area contributed by atoms with Gasteiger partial charge in [-0.25, -0.2) is 0 Å². The first-order valence-corrected chi connectivity index (χ1v) is 10.8. The van der Waals surface area contributed by atoms with Gasteiger partial charge in [0.25, 0.3) is 11.8 Å². The molecular weight excluding hydrogens is 432 g/mol. The van der Waals surface area contributed by atoms with Gasteiger partial charge in [-0.15, -0.1) is 0 Å². The Morgan fingerprint density at radius 3 is 2.62 bits per heavy atom. The third-order valence-electron chi connectivity index (χ3n) is 4.77. The Morgan fingerprint density at radius 2 is 1.96 bits per heavy atom. The van der Waals surface area contributed by atoms with Crippen LogP contribution in [0.3, 0.4) is 0 Å². The molecule has 138 valence electrons. The molecule has 26 heavy (non-hydrogen) atoms. The Morgan fingerprint density at radius 1 is 1.23 bits per heavy atom. The lowest BCUT2D eigenvalue weighted by Crippen LogP contribution is -2.36. The summed E-state index contributed by atoms with van der Waals surface area (Å²) in [6, 6.07) is 5.81. The lowest BCUT2D eigenvalue weighted by molar-refractivity contribution is -0.123. The summed E-state index contributed by atoms with van der Waals surface area (Å²) in [5, 5.41) is 0. The molecule has 1 aromatic rings. The predicted octanol–water partition coefficient (Wildman–Crippen LogP) is 4.97. The van der Waals surface area contributed by atoms with Crippen molar-refractivity contribution in [3.63, 3.8) is 0 Å². The zero-order chi connectivity index (χ0) is 19.0. The maximum Gasteiger partial charge on any atom is 0.267 e. The Hall–Kier alpha value is -1.18. The molecule has 2 amide bonds. The van der Waals surface area contributed by atoms with E-state index < -0.39 is 0 Å². The summed E-state index contributed by atoms with van der Waals surface area (Å²) in [7, 11) is 0. The third-order valence-corrected chi connectivity index (χ3v) is 6.66. The van der Waals surface area contributed by atoms with Crippen LogP contribution in [-0.2, 0) is 9.59 Å². The number of hydrogen-bond donors (Lipinski definition) is 0. The van der Waals surface area contributed by atoms with Crippen molar-refractivity contribution in [2.45, 2.75) is 46.1 Å². The van der Waals surface area contributed by atoms with Crippen LogP contribution >= 0.6 is 39.9 Å². The summed E-state index contributed by atoms with van der Waals surface area (Å²) in [5.41, 5.74) is 2.17. The standard InChI is InChI=1S/C19H21BrN2O2S2/c1-4-6-9-21-14-8-7-12(20)10-13(14)15(17(21)23)16-18(24)22(11(3)5-2)19(25)26-16/h7-8,10-11H,4-6,9H2,1-3H3/b16-15-/t11-/m1/s1. The van der Waals surface area contributed by atoms with Gasteiger partial charge in [-0.2, -0.15) is 0 Å². The molecule has 0 unspecified atom stereocenters. The van der Waals surface area contributed by atoms with E-state index in [-0.39, 0.29) is 17.9 Å². The second-order valence-electron chi connectivity index (χ2n) is 6.48. The number of nitrogens with zero attached hydrogens (tertiary/aromatic N) is 2. The average Bonchev–Trinajstić information content (AvgIpc) is 3.04. The van der Waals surface area contributed by atoms with Gasteiger partial charge in [-0.05, 0) is 38.0 Å². The monoisotopic (exact) mass is 452 g/mol. The molecule has 0 N–H and O–H groups in total. The zero-order valence-corrected chi connectivity index (χ0v) is 18.3. The predicted molar refractivity (Wildman–Crippen MR) is 115 cm³/mol. The molecule has 2 heterocycles. The van der Waals surface area contributed by atoms with Crippen LogP contribution in [0.15, 0.2) is 27.6 Å². The molecule has 1 aromatic carbocycles. The van der Waals surface area contributed by atoms with E-state index in [1.807, 2.05) is 32.0 Å². The minimum atomic E-state index is -0.152. The van der Waals surface area contributed by atoms with Gasteiger partial charge < -0.3 is 4.90 Å². The molecule has 0 radical (unpaired) electrons. The van der Waals surface area contributed by atoms with E-state index in [1.165, 1.54) is 11.8 Å². The molecule has 3 rings (SSSR count). The number of thioether (sulfide) groups is 1. The van der Waals surface area contributed by atoms with Crippen LogP contribution in [0.1, 0.15) is 45.6 Å². The normalized spacial score (nSPS) is 21.0. The van der Waals surface area contributed by atoms with Crippen LogP contribution in [0.4, 0.5) is 5.69 Å². The minimum absolute atomic E-state index is 0.0234. The van der Waals surface area contributed by atoms with Crippen LogP contribution in [0.2, 0.25) is 0 Å². The number of carbonyl (C=O) groups excluding carboxylic acids is 2. The topological polar surface area (TPSA) is 40.6 Å². The summed E-state index contributed by atoms with van der Waals surface area (Å²) < 4.78 is 1.42. The molecule has 0 aliphatic carbocycles. The maximum atomic E-state index is 13.2. The first-order valence-electron chi connectivity index (χ1n) is 8.82. The molecule has 0 bridgehead atoms. The lowest BCUT2D eigenvalue weighted by atomic mass is 10.1. The van der Waals surface area contributed by atoms with Gasteiger partial charge in [0, 0.05) is 22.6 Å². The summed E-state index contributed by atoms with van der Waals surface area (Å²) >= 11 is 10.2. The van der Waals surface area contributed by atoms with E-state index in [0.717, 1.165) is 35.0 Å². The second-order valence-corrected chi connectivity index (χ2v) is 9.04. The molecule has 4 nitrogen and oxygen atoms in total. The van der Waals surface area contributed by atoms with Gasteiger partial charge in [0.15, 0.2) is 0 Å². The number of thiocarbonyl (C=S) groups is 1. The van der Waals surface area contributed by atoms with E-state index in [1.54, 1.807) is 9.80 Å². The van der Waals surface area contributed by atoms with Gasteiger partial charge in [-0.1, -0.05) is 60.2 Å². The van der Waals surface area contributed by atoms with Crippen LogP contribution in [0.5, 0.6) is 0 Å². The smallest absolute Gasteiger partial charge is 0.267 e. The van der Waals surface area contributed by atoms with Gasteiger partial charge in [0.2, 0.25) is 0 Å². The number of amides is 2. The summed E-state index contributed by atoms with van der Waals surface area (Å²) in [6.07, 6.45) is 2.73. The summed E-state index contributed by atoms with van der Waals surface area (Å²) in [5.74, 6) is -0.253. The van der Waals surface area contributed by atoms with Crippen LogP contribution in [-0.4, -0.2) is 33.6 Å². The zero-order valence-electron chi connectivity index (χ0n) is 15.0. The SMILES string of the molecule is CCCCN1C(=O)/C(=C2\SC(=S)N([C@H](C)CC)C2=O)c2cc(Br)ccc21. The highest BCUT2D eigenvalue weighted by atomic mass is 79.9. The Kier molecular flexibility index (Phi) is 5.89. The van der Waals surface area contributed by atoms with E-state index in [9.17, 15) is 9.59 Å². The van der Waals surface area contributed by atoms with Crippen LogP contribution in [0, 0.1) is 0 Å². The largest absolute Gasteiger partial charge is 0.308 e. The average molecular weight is 453 g/mol. The molecule has 7 heteroatoms. The van der Waals surface area contributed by atoms with E-state index in [2.05, 4.69) is 22.9 Å². The van der Waals surface area contributed by atoms with Crippen molar-refractivity contribution >= 4 is 67.3 Å². The molecule has 0 aromatic heterocycles. The number of rotatable bonds is 5. The highest BCUT2D eigenvalue weighted by Crippen LogP contribution is 2.46. The third kappa shape index (κ3) is 3.25. The number of carbonyl (C=O) groups is 2. The van der Waals surface area contributed by atoms with Crippen molar-refractivity contribution in [2.24, 2.45) is 0 Å². The van der Waals surface area contributed by atoms with Gasteiger partial charge >= 0.3 is 0 Å². The second kappa shape index (κ2) is 7.82. The van der Waals surface area contributed by atoms with Gasteiger partial charge in [0.05, 0.1) is 16.2 Å². The van der Waals surface area contributed by atoms with E-state index >= 15 is 0 Å². The minimum Gasteiger partial charge on any atom is -0.308 e. The van der Waals surface area contributed by atoms with Crippen LogP contribution in [0.25, 0.3) is 5.57 Å². The fourth-order valence-corrected chi connectivity index (χ4v) is 5.05. The molecule has 1 fully saturated rings. The number of hydrogen-bond acceptors (Lipinski definition) is 4. The fourth-order valence-electron chi connectivity index (χ4n) is 3.15. The fraction of sp³-hybridized carbons (Fsp3) is 0.421. The number of fused-ring (bicyclic) bond motifs is 1. The Labute approximate surface area is 172 Å². The number of halogens is 1. The van der Waals surface area contributed by atoms with E-state index in [0.29, 0.717) is 21.3 Å². The first-order chi connectivity index (χ1) is 12.4. The Balaban J connectivity index is 2.12. The van der Waals surface area contributed by atoms with Crippen molar-refractivity contribution in [3.05, 3.63) is 33.1 Å². The Bertz CT molecular complexity index is 822. The first kappa shape index (κ1) is 19.6. The molecule has 1 saturated heterocycles. The van der Waals surface area contributed by atoms with Crippen LogP contribution < -0.4 is 4.90 Å². The van der Waals surface area contributed by atoms with Crippen molar-refractivity contribution in [3.8, 4) is 0 Å². The molecule has 2 aliphatic rings. The van der Waals surface area contributed by atoms with Crippen molar-refractivity contribution in [1.82, 2.24) is 4.90 Å². The van der Waals surface area contributed by atoms with Crippen molar-refractivity contribution < 1.29 is 9.59 Å². The lowest BCUT2D eigenvalue weighted by Gasteiger charge is -2.21. The van der Waals surface area contributed by atoms with E-state index in [4.69, 9.17) is 12.2 Å². The van der Waals surface area contributed by atoms with Crippen molar-refractivity contribution in [2.75, 3.05) is 11.4 Å². The highest BCUT2D eigenvalue weighted by molar-refractivity contribution is 9.10. The number of anilines is 1. The molecule has 2 aliphatic heterocycles. The van der Waals surface area contributed by atoms with Crippen molar-refractivity contribution in [1.29, 1.82) is 0 Å². The summed E-state index contributed by atoms with van der Waals surface area (Å²) in [4.78, 5) is 30.1. The number of benzene rings is 1. The van der Waals surface area contributed by atoms with Gasteiger partial charge in [0.1, 0.15) is 4.32 Å². The molecular formula is C19H21BrN2O2S2. The highest BCUT2D eigenvalue weighted by Gasteiger charge is 2.42. The maximum absolute atomic E-state index is 13.2. The summed E-state index contributed by atoms with van der Waals surface area (Å²) in [6.45, 7) is 6.75. The van der Waals surface area contributed by atoms with Gasteiger partial charge in [-0.3, -0.25) is 14.5 Å².